The van der Waals surface area contributed by atoms with Gasteiger partial charge in [-0.15, -0.1) is 0 Å². The molecule has 2 aliphatic rings. The van der Waals surface area contributed by atoms with Crippen molar-refractivity contribution in [1.82, 2.24) is 4.90 Å². The van der Waals surface area contributed by atoms with Gasteiger partial charge in [0, 0.05) is 24.8 Å². The van der Waals surface area contributed by atoms with Crippen molar-refractivity contribution in [1.29, 1.82) is 0 Å². The highest BCUT2D eigenvalue weighted by Crippen LogP contribution is 2.48. The number of rotatable bonds is 4. The summed E-state index contributed by atoms with van der Waals surface area (Å²) >= 11 is 0. The molecule has 1 aliphatic heterocycles. The Kier molecular flexibility index (Phi) is 4.49. The second-order valence-electron chi connectivity index (χ2n) is 6.38. The molecule has 136 valence electrons. The zero-order valence-electron chi connectivity index (χ0n) is 13.2. The first kappa shape index (κ1) is 17.4. The van der Waals surface area contributed by atoms with Gasteiger partial charge in [-0.1, -0.05) is 6.42 Å². The average Bonchev–Trinajstić information content (AvgIpc) is 3.07. The monoisotopic (exact) mass is 358 g/mol. The van der Waals surface area contributed by atoms with Gasteiger partial charge in [-0.25, -0.2) is 9.18 Å². The number of anilines is 1. The smallest absolute Gasteiger partial charge is 0.387 e. The van der Waals surface area contributed by atoms with Gasteiger partial charge in [-0.3, -0.25) is 4.79 Å². The maximum absolute atomic E-state index is 13.7. The van der Waals surface area contributed by atoms with Crippen LogP contribution in [0.5, 0.6) is 5.75 Å². The number of halogens is 3. The molecule has 9 heteroatoms. The Hall–Kier alpha value is -2.45. The number of alkyl halides is 2. The van der Waals surface area contributed by atoms with Crippen LogP contribution in [0.1, 0.15) is 19.3 Å². The number of ether oxygens (including phenoxy) is 1. The third kappa shape index (κ3) is 3.22. The number of benzene rings is 1. The molecular weight excluding hydrogens is 341 g/mol. The van der Waals surface area contributed by atoms with Crippen molar-refractivity contribution >= 4 is 17.7 Å². The summed E-state index contributed by atoms with van der Waals surface area (Å²) < 4.78 is 41.9. The van der Waals surface area contributed by atoms with Crippen molar-refractivity contribution in [3.05, 3.63) is 24.0 Å². The molecule has 0 unspecified atom stereocenters. The highest BCUT2D eigenvalue weighted by molar-refractivity contribution is 5.90. The van der Waals surface area contributed by atoms with Gasteiger partial charge >= 0.3 is 18.6 Å². The molecule has 1 saturated carbocycles. The van der Waals surface area contributed by atoms with Gasteiger partial charge in [0.05, 0.1) is 5.41 Å². The lowest BCUT2D eigenvalue weighted by Crippen LogP contribution is -2.38. The van der Waals surface area contributed by atoms with Gasteiger partial charge in [-0.05, 0) is 30.9 Å². The molecule has 25 heavy (non-hydrogen) atoms. The topological polar surface area (TPSA) is 78.9 Å². The average molecular weight is 358 g/mol. The van der Waals surface area contributed by atoms with Crippen LogP contribution in [0.25, 0.3) is 0 Å². The summed E-state index contributed by atoms with van der Waals surface area (Å²) in [5.74, 6) is -2.63. The fourth-order valence-corrected chi connectivity index (χ4v) is 3.77. The summed E-state index contributed by atoms with van der Waals surface area (Å²) in [5.41, 5.74) is -0.831. The minimum Gasteiger partial charge on any atom is -0.481 e. The molecule has 2 fully saturated rings. The van der Waals surface area contributed by atoms with Gasteiger partial charge in [0.2, 0.25) is 0 Å². The first-order valence-electron chi connectivity index (χ1n) is 7.85. The molecular formula is C16H17F3N2O4. The van der Waals surface area contributed by atoms with Gasteiger partial charge in [0.25, 0.3) is 0 Å². The molecule has 2 N–H and O–H groups in total. The van der Waals surface area contributed by atoms with E-state index in [1.54, 1.807) is 0 Å². The summed E-state index contributed by atoms with van der Waals surface area (Å²) in [4.78, 5) is 25.4. The van der Waals surface area contributed by atoms with Crippen LogP contribution in [-0.4, -0.2) is 41.7 Å². The fraction of sp³-hybridized carbons (Fsp3) is 0.500. The predicted molar refractivity (Wildman–Crippen MR) is 81.0 cm³/mol. The Labute approximate surface area is 141 Å². The Morgan fingerprint density at radius 2 is 2.16 bits per heavy atom. The lowest BCUT2D eigenvalue weighted by atomic mass is 9.81. The summed E-state index contributed by atoms with van der Waals surface area (Å²) in [6.45, 7) is -2.72. The highest BCUT2D eigenvalue weighted by atomic mass is 19.3. The predicted octanol–water partition coefficient (Wildman–Crippen LogP) is 3.15. The van der Waals surface area contributed by atoms with E-state index in [2.05, 4.69) is 10.1 Å². The van der Waals surface area contributed by atoms with Crippen LogP contribution in [0, 0.1) is 17.2 Å². The molecule has 1 aromatic rings. The molecule has 0 radical (unpaired) electrons. The molecule has 6 nitrogen and oxygen atoms in total. The van der Waals surface area contributed by atoms with Crippen LogP contribution in [0.4, 0.5) is 23.7 Å². The molecule has 2 atom stereocenters. The summed E-state index contributed by atoms with van der Waals surface area (Å²) in [5, 5.41) is 12.0. The molecule has 1 aromatic carbocycles. The molecule has 3 rings (SSSR count). The summed E-state index contributed by atoms with van der Waals surface area (Å²) in [6.07, 6.45) is 2.11. The van der Waals surface area contributed by atoms with Crippen molar-refractivity contribution in [2.45, 2.75) is 25.9 Å². The number of carboxylic acid groups (broad SMARTS) is 1. The van der Waals surface area contributed by atoms with Crippen molar-refractivity contribution in [3.8, 4) is 5.75 Å². The van der Waals surface area contributed by atoms with Crippen LogP contribution in [0.3, 0.4) is 0 Å². The molecule has 0 aromatic heterocycles. The van der Waals surface area contributed by atoms with E-state index in [4.69, 9.17) is 0 Å². The number of urea groups is 1. The van der Waals surface area contributed by atoms with Crippen molar-refractivity contribution in [3.63, 3.8) is 0 Å². The minimum absolute atomic E-state index is 0.0746. The first-order chi connectivity index (χ1) is 11.8. The maximum atomic E-state index is 13.7. The van der Waals surface area contributed by atoms with Crippen molar-refractivity contribution in [2.24, 2.45) is 11.3 Å². The van der Waals surface area contributed by atoms with Crippen LogP contribution >= 0.6 is 0 Å². The number of aliphatic carboxylic acids is 1. The van der Waals surface area contributed by atoms with Gasteiger partial charge in [0.1, 0.15) is 0 Å². The molecule has 0 bridgehead atoms. The molecule has 1 saturated heterocycles. The van der Waals surface area contributed by atoms with E-state index in [0.717, 1.165) is 25.0 Å². The summed E-state index contributed by atoms with van der Waals surface area (Å²) in [7, 11) is 0. The molecule has 0 spiro atoms. The normalized spacial score (nSPS) is 25.1. The van der Waals surface area contributed by atoms with E-state index >= 15 is 0 Å². The molecule has 1 aliphatic carbocycles. The number of hydrogen-bond acceptors (Lipinski definition) is 3. The minimum atomic E-state index is -3.15. The first-order valence-corrected chi connectivity index (χ1v) is 7.85. The third-order valence-corrected chi connectivity index (χ3v) is 4.98. The van der Waals surface area contributed by atoms with Crippen molar-refractivity contribution < 1.29 is 32.6 Å². The van der Waals surface area contributed by atoms with Crippen LogP contribution in [0.2, 0.25) is 0 Å². The van der Waals surface area contributed by atoms with Gasteiger partial charge in [-0.2, -0.15) is 8.78 Å². The number of carbonyl (C=O) groups is 2. The zero-order chi connectivity index (χ0) is 18.2. The number of hydrogen-bond donors (Lipinski definition) is 2. The number of carbonyl (C=O) groups excluding carboxylic acids is 1. The van der Waals surface area contributed by atoms with Crippen LogP contribution < -0.4 is 10.1 Å². The third-order valence-electron chi connectivity index (χ3n) is 4.98. The van der Waals surface area contributed by atoms with E-state index in [-0.39, 0.29) is 18.2 Å². The molecule has 2 amide bonds. The number of carboxylic acids is 1. The Morgan fingerprint density at radius 3 is 2.76 bits per heavy atom. The van der Waals surface area contributed by atoms with Crippen molar-refractivity contribution in [2.75, 3.05) is 18.4 Å². The second kappa shape index (κ2) is 6.45. The van der Waals surface area contributed by atoms with Crippen LogP contribution in [-0.2, 0) is 4.79 Å². The summed E-state index contributed by atoms with van der Waals surface area (Å²) in [6, 6.07) is 2.56. The molecule has 1 heterocycles. The van der Waals surface area contributed by atoms with Gasteiger partial charge in [0.15, 0.2) is 11.6 Å². The second-order valence-corrected chi connectivity index (χ2v) is 6.38. The number of likely N-dealkylation sites (tertiary alicyclic amines) is 1. The quantitative estimate of drug-likeness (QED) is 0.867. The Bertz CT molecular complexity index is 700. The van der Waals surface area contributed by atoms with Crippen LogP contribution in [0.15, 0.2) is 18.2 Å². The van der Waals surface area contributed by atoms with E-state index in [1.165, 1.54) is 11.0 Å². The largest absolute Gasteiger partial charge is 0.481 e. The Balaban J connectivity index is 1.67. The fourth-order valence-electron chi connectivity index (χ4n) is 3.77. The zero-order valence-corrected chi connectivity index (χ0v) is 13.2. The lowest BCUT2D eigenvalue weighted by Gasteiger charge is -2.23. The number of amides is 2. The van der Waals surface area contributed by atoms with Gasteiger partial charge < -0.3 is 20.1 Å². The number of nitrogens with one attached hydrogen (secondary N) is 1. The Morgan fingerprint density at radius 1 is 1.40 bits per heavy atom. The number of nitrogens with zero attached hydrogens (tertiary/aromatic N) is 1. The number of fused-ring (bicyclic) bond motifs is 1. The van der Waals surface area contributed by atoms with E-state index in [1.807, 2.05) is 0 Å². The maximum Gasteiger partial charge on any atom is 0.387 e. The SMILES string of the molecule is O=C(Nc1ccc(OC(F)F)c(F)c1)N1C[C@@H]2CCC[C@@]2(C(=O)O)C1. The highest BCUT2D eigenvalue weighted by Gasteiger charge is 2.55. The van der Waals surface area contributed by atoms with E-state index in [0.29, 0.717) is 13.0 Å². The standard InChI is InChI=1S/C16H17F3N2O4/c17-11-6-10(3-4-12(11)25-14(18)19)20-15(24)21-7-9-2-1-5-16(9,8-21)13(22)23/h3-4,6,9,14H,1-2,5,7-8H2,(H,20,24)(H,22,23)/t9-,16+/m0/s1. The van der Waals surface area contributed by atoms with E-state index in [9.17, 15) is 27.9 Å². The van der Waals surface area contributed by atoms with E-state index < -0.39 is 35.6 Å². The lowest BCUT2D eigenvalue weighted by molar-refractivity contribution is -0.149.